The predicted molar refractivity (Wildman–Crippen MR) is 99.6 cm³/mol. The van der Waals surface area contributed by atoms with Gasteiger partial charge in [-0.3, -0.25) is 24.3 Å². The fraction of sp³-hybridized carbons (Fsp3) is 0.235. The fourth-order valence-corrected chi connectivity index (χ4v) is 2.67. The molecule has 11 heteroatoms. The van der Waals surface area contributed by atoms with Gasteiger partial charge in [-0.1, -0.05) is 17.7 Å². The van der Waals surface area contributed by atoms with Crippen molar-refractivity contribution in [3.63, 3.8) is 0 Å². The highest BCUT2D eigenvalue weighted by Gasteiger charge is 2.32. The molecule has 3 rings (SSSR count). The van der Waals surface area contributed by atoms with Gasteiger partial charge in [-0.2, -0.15) is 10.2 Å². The Morgan fingerprint density at radius 2 is 2.07 bits per heavy atom. The van der Waals surface area contributed by atoms with E-state index in [1.807, 2.05) is 0 Å². The minimum Gasteiger partial charge on any atom is -0.321 e. The molecule has 0 aliphatic heterocycles. The van der Waals surface area contributed by atoms with Crippen LogP contribution in [0.1, 0.15) is 19.4 Å². The van der Waals surface area contributed by atoms with E-state index in [2.05, 4.69) is 15.5 Å². The van der Waals surface area contributed by atoms with E-state index in [0.29, 0.717) is 17.8 Å². The topological polar surface area (TPSA) is 108 Å². The van der Waals surface area contributed by atoms with Crippen LogP contribution in [0.5, 0.6) is 0 Å². The number of nitrogens with zero attached hydrogens (tertiary/aromatic N) is 5. The molecule has 1 N–H and O–H groups in total. The van der Waals surface area contributed by atoms with Crippen LogP contribution in [0.15, 0.2) is 43.0 Å². The van der Waals surface area contributed by atoms with E-state index in [0.717, 1.165) is 6.20 Å². The molecule has 0 aliphatic rings. The molecule has 1 aromatic carbocycles. The number of aromatic nitrogens is 4. The zero-order chi connectivity index (χ0) is 20.5. The summed E-state index contributed by atoms with van der Waals surface area (Å²) < 4.78 is 15.9. The van der Waals surface area contributed by atoms with E-state index in [9.17, 15) is 19.3 Å². The molecule has 0 unspecified atom stereocenters. The van der Waals surface area contributed by atoms with Crippen LogP contribution >= 0.6 is 11.6 Å². The lowest BCUT2D eigenvalue weighted by Crippen LogP contribution is -2.40. The number of amides is 1. The van der Waals surface area contributed by atoms with Crippen molar-refractivity contribution in [1.82, 2.24) is 19.6 Å². The van der Waals surface area contributed by atoms with Gasteiger partial charge in [0.15, 0.2) is 0 Å². The van der Waals surface area contributed by atoms with Crippen LogP contribution in [0.4, 0.5) is 15.8 Å². The Morgan fingerprint density at radius 3 is 2.71 bits per heavy atom. The first-order valence-corrected chi connectivity index (χ1v) is 8.52. The highest BCUT2D eigenvalue weighted by Crippen LogP contribution is 2.22. The minimum absolute atomic E-state index is 0.204. The first-order chi connectivity index (χ1) is 13.2. The van der Waals surface area contributed by atoms with Crippen molar-refractivity contribution >= 4 is 28.9 Å². The summed E-state index contributed by atoms with van der Waals surface area (Å²) in [6.07, 6.45) is 5.33. The molecule has 0 bridgehead atoms. The standard InChI is InChI=1S/C17H16ClFN6O3/c1-17(2,24-10-14(7-21-24)25(27)28)16(26)22-13-6-20-23(9-13)8-11-3-4-12(19)5-15(11)18/h3-7,9-10H,8H2,1-2H3,(H,22,26). The van der Waals surface area contributed by atoms with Gasteiger partial charge in [0.25, 0.3) is 5.91 Å². The van der Waals surface area contributed by atoms with Crippen LogP contribution < -0.4 is 5.32 Å². The first-order valence-electron chi connectivity index (χ1n) is 8.14. The molecule has 0 fully saturated rings. The summed E-state index contributed by atoms with van der Waals surface area (Å²) in [5.41, 5.74) is -0.271. The van der Waals surface area contributed by atoms with Gasteiger partial charge in [-0.05, 0) is 31.5 Å². The number of carbonyl (C=O) groups excluding carboxylic acids is 1. The van der Waals surface area contributed by atoms with Crippen molar-refractivity contribution < 1.29 is 14.1 Å². The van der Waals surface area contributed by atoms with Crippen LogP contribution in [-0.2, 0) is 16.9 Å². The van der Waals surface area contributed by atoms with Crippen LogP contribution in [0.3, 0.4) is 0 Å². The highest BCUT2D eigenvalue weighted by atomic mass is 35.5. The summed E-state index contributed by atoms with van der Waals surface area (Å²) in [6.45, 7) is 3.47. The Balaban J connectivity index is 1.71. The second kappa shape index (κ2) is 7.39. The van der Waals surface area contributed by atoms with E-state index < -0.39 is 22.2 Å². The van der Waals surface area contributed by atoms with Gasteiger partial charge in [0.05, 0.1) is 23.4 Å². The van der Waals surface area contributed by atoms with Crippen molar-refractivity contribution in [3.8, 4) is 0 Å². The molecule has 2 aromatic heterocycles. The third kappa shape index (κ3) is 4.01. The van der Waals surface area contributed by atoms with Gasteiger partial charge >= 0.3 is 5.69 Å². The Morgan fingerprint density at radius 1 is 1.32 bits per heavy atom. The number of nitrogens with one attached hydrogen (secondary N) is 1. The fourth-order valence-electron chi connectivity index (χ4n) is 2.44. The zero-order valence-electron chi connectivity index (χ0n) is 15.0. The molecule has 0 saturated heterocycles. The lowest BCUT2D eigenvalue weighted by molar-refractivity contribution is -0.385. The van der Waals surface area contributed by atoms with Crippen molar-refractivity contribution in [1.29, 1.82) is 0 Å². The maximum atomic E-state index is 13.1. The molecule has 2 heterocycles. The van der Waals surface area contributed by atoms with E-state index in [-0.39, 0.29) is 10.7 Å². The molecule has 0 spiro atoms. The molecule has 0 saturated carbocycles. The molecule has 0 radical (unpaired) electrons. The Kier molecular flexibility index (Phi) is 5.14. The smallest absolute Gasteiger partial charge is 0.307 e. The molecule has 9 nitrogen and oxygen atoms in total. The van der Waals surface area contributed by atoms with Crippen LogP contribution in [0.25, 0.3) is 0 Å². The van der Waals surface area contributed by atoms with Gasteiger partial charge in [-0.25, -0.2) is 4.39 Å². The quantitative estimate of drug-likeness (QED) is 0.499. The number of carbonyl (C=O) groups is 1. The SMILES string of the molecule is CC(C)(C(=O)Nc1cnn(Cc2ccc(F)cc2Cl)c1)n1cc([N+](=O)[O-])cn1. The van der Waals surface area contributed by atoms with Crippen molar-refractivity contribution in [2.24, 2.45) is 0 Å². The molecule has 0 aliphatic carbocycles. The lowest BCUT2D eigenvalue weighted by atomic mass is 10.1. The Bertz CT molecular complexity index is 1050. The summed E-state index contributed by atoms with van der Waals surface area (Å²) in [4.78, 5) is 22.9. The Labute approximate surface area is 163 Å². The number of rotatable bonds is 6. The predicted octanol–water partition coefficient (Wildman–Crippen LogP) is 3.20. The molecule has 146 valence electrons. The van der Waals surface area contributed by atoms with Crippen LogP contribution in [-0.4, -0.2) is 30.4 Å². The summed E-state index contributed by atoms with van der Waals surface area (Å²) >= 11 is 6.01. The summed E-state index contributed by atoms with van der Waals surface area (Å²) in [6, 6.07) is 4.08. The average Bonchev–Trinajstić information content (AvgIpc) is 3.27. The molecular weight excluding hydrogens is 391 g/mol. The molecule has 3 aromatic rings. The Hall–Kier alpha value is -3.27. The molecular formula is C17H16ClFN6O3. The zero-order valence-corrected chi connectivity index (χ0v) is 15.7. The number of hydrogen-bond donors (Lipinski definition) is 1. The molecule has 0 atom stereocenters. The second-order valence-electron chi connectivity index (χ2n) is 6.58. The van der Waals surface area contributed by atoms with Gasteiger partial charge < -0.3 is 5.32 Å². The second-order valence-corrected chi connectivity index (χ2v) is 6.98. The third-order valence-electron chi connectivity index (χ3n) is 4.15. The van der Waals surface area contributed by atoms with Crippen LogP contribution in [0.2, 0.25) is 5.02 Å². The summed E-state index contributed by atoms with van der Waals surface area (Å²) in [5.74, 6) is -0.854. The van der Waals surface area contributed by atoms with E-state index in [1.165, 1.54) is 29.2 Å². The van der Waals surface area contributed by atoms with Crippen LogP contribution in [0, 0.1) is 15.9 Å². The van der Waals surface area contributed by atoms with Gasteiger partial charge in [0.1, 0.15) is 23.7 Å². The minimum atomic E-state index is -1.17. The summed E-state index contributed by atoms with van der Waals surface area (Å²) in [7, 11) is 0. The average molecular weight is 407 g/mol. The molecule has 1 amide bonds. The van der Waals surface area contributed by atoms with E-state index >= 15 is 0 Å². The maximum Gasteiger partial charge on any atom is 0.307 e. The van der Waals surface area contributed by atoms with E-state index in [4.69, 9.17) is 11.6 Å². The van der Waals surface area contributed by atoms with Crippen molar-refractivity contribution in [3.05, 3.63) is 69.5 Å². The number of nitro groups is 1. The van der Waals surface area contributed by atoms with Crippen molar-refractivity contribution in [2.45, 2.75) is 25.9 Å². The summed E-state index contributed by atoms with van der Waals surface area (Å²) in [5, 5.41) is 21.8. The third-order valence-corrected chi connectivity index (χ3v) is 4.50. The number of anilines is 1. The molecule has 28 heavy (non-hydrogen) atoms. The first kappa shape index (κ1) is 19.5. The lowest BCUT2D eigenvalue weighted by Gasteiger charge is -2.23. The van der Waals surface area contributed by atoms with Gasteiger partial charge in [0, 0.05) is 11.2 Å². The van der Waals surface area contributed by atoms with E-state index in [1.54, 1.807) is 30.8 Å². The highest BCUT2D eigenvalue weighted by molar-refractivity contribution is 6.31. The monoisotopic (exact) mass is 406 g/mol. The maximum absolute atomic E-state index is 13.1. The number of halogens is 2. The largest absolute Gasteiger partial charge is 0.321 e. The van der Waals surface area contributed by atoms with Crippen molar-refractivity contribution in [2.75, 3.05) is 5.32 Å². The number of hydrogen-bond acceptors (Lipinski definition) is 5. The van der Waals surface area contributed by atoms with Gasteiger partial charge in [0.2, 0.25) is 0 Å². The van der Waals surface area contributed by atoms with Gasteiger partial charge in [-0.15, -0.1) is 0 Å². The normalized spacial score (nSPS) is 11.4. The number of benzene rings is 1.